The number of nitrogens with one attached hydrogen (secondary N) is 2. The van der Waals surface area contributed by atoms with Gasteiger partial charge in [-0.25, -0.2) is 0 Å². The second kappa shape index (κ2) is 10.9. The minimum absolute atomic E-state index is 0.0329. The number of hydrogen-bond donors (Lipinski definition) is 2. The summed E-state index contributed by atoms with van der Waals surface area (Å²) in [5.41, 5.74) is 1.57. The van der Waals surface area contributed by atoms with Crippen LogP contribution in [0.4, 0.5) is 11.4 Å². The minimum atomic E-state index is -0.209. The highest BCUT2D eigenvalue weighted by molar-refractivity contribution is 8.77. The van der Waals surface area contributed by atoms with Crippen LogP contribution in [0.2, 0.25) is 0 Å². The van der Waals surface area contributed by atoms with E-state index in [4.69, 9.17) is 0 Å². The first kappa shape index (κ1) is 20.4. The number of anilines is 2. The molecular weight excluding hydrogens is 364 g/mol. The van der Waals surface area contributed by atoms with Gasteiger partial charge in [0, 0.05) is 11.4 Å². The van der Waals surface area contributed by atoms with Crippen LogP contribution >= 0.6 is 21.6 Å². The maximum atomic E-state index is 12.5. The van der Waals surface area contributed by atoms with Gasteiger partial charge < -0.3 is 10.6 Å². The highest BCUT2D eigenvalue weighted by Gasteiger charge is 2.23. The third-order valence-electron chi connectivity index (χ3n) is 3.70. The van der Waals surface area contributed by atoms with Crippen molar-refractivity contribution in [3.8, 4) is 0 Å². The number of amides is 2. The Bertz CT molecular complexity index is 634. The standard InChI is InChI=1S/C20H24N2O2S2/c1-3-17(19(23)21-15-11-7-5-8-12-15)25-26-18(4-2)20(24)22-16-13-9-6-10-14-16/h5-14,17-18H,3-4H2,1-2H3,(H,21,23)(H,22,24). The summed E-state index contributed by atoms with van der Waals surface area (Å²) in [4.78, 5) is 24.9. The van der Waals surface area contributed by atoms with Crippen LogP contribution < -0.4 is 10.6 Å². The zero-order chi connectivity index (χ0) is 18.8. The Balaban J connectivity index is 1.88. The van der Waals surface area contributed by atoms with Gasteiger partial charge in [-0.3, -0.25) is 9.59 Å². The first-order chi connectivity index (χ1) is 12.6. The van der Waals surface area contributed by atoms with E-state index in [1.54, 1.807) is 0 Å². The molecule has 0 aliphatic carbocycles. The lowest BCUT2D eigenvalue weighted by Crippen LogP contribution is -2.27. The van der Waals surface area contributed by atoms with Crippen molar-refractivity contribution in [1.82, 2.24) is 0 Å². The van der Waals surface area contributed by atoms with Gasteiger partial charge in [0.1, 0.15) is 0 Å². The van der Waals surface area contributed by atoms with Gasteiger partial charge in [-0.2, -0.15) is 0 Å². The number of benzene rings is 2. The van der Waals surface area contributed by atoms with E-state index in [-0.39, 0.29) is 22.3 Å². The number of hydrogen-bond acceptors (Lipinski definition) is 4. The van der Waals surface area contributed by atoms with Crippen molar-refractivity contribution in [1.29, 1.82) is 0 Å². The van der Waals surface area contributed by atoms with Crippen LogP contribution in [0.5, 0.6) is 0 Å². The maximum absolute atomic E-state index is 12.5. The van der Waals surface area contributed by atoms with Gasteiger partial charge in [0.2, 0.25) is 11.8 Å². The second-order valence-electron chi connectivity index (χ2n) is 5.70. The molecule has 138 valence electrons. The van der Waals surface area contributed by atoms with Crippen LogP contribution in [0.25, 0.3) is 0 Å². The zero-order valence-electron chi connectivity index (χ0n) is 15.0. The van der Waals surface area contributed by atoms with Crippen LogP contribution in [-0.4, -0.2) is 22.3 Å². The first-order valence-corrected chi connectivity index (χ1v) is 11.0. The van der Waals surface area contributed by atoms with Crippen molar-refractivity contribution in [2.24, 2.45) is 0 Å². The first-order valence-electron chi connectivity index (χ1n) is 8.68. The molecule has 0 spiro atoms. The summed E-state index contributed by atoms with van der Waals surface area (Å²) in [6.07, 6.45) is 1.40. The summed E-state index contributed by atoms with van der Waals surface area (Å²) in [5.74, 6) is -0.0657. The average Bonchev–Trinajstić information content (AvgIpc) is 2.66. The van der Waals surface area contributed by atoms with Crippen molar-refractivity contribution in [2.75, 3.05) is 10.6 Å². The van der Waals surface area contributed by atoms with E-state index in [0.29, 0.717) is 12.8 Å². The van der Waals surface area contributed by atoms with Gasteiger partial charge in [-0.1, -0.05) is 71.8 Å². The van der Waals surface area contributed by atoms with E-state index in [9.17, 15) is 9.59 Å². The van der Waals surface area contributed by atoms with Crippen molar-refractivity contribution in [2.45, 2.75) is 37.2 Å². The van der Waals surface area contributed by atoms with Gasteiger partial charge >= 0.3 is 0 Å². The van der Waals surface area contributed by atoms with Crippen LogP contribution in [-0.2, 0) is 9.59 Å². The highest BCUT2D eigenvalue weighted by Crippen LogP contribution is 2.35. The van der Waals surface area contributed by atoms with E-state index in [1.165, 1.54) is 21.6 Å². The lowest BCUT2D eigenvalue weighted by atomic mass is 10.3. The monoisotopic (exact) mass is 388 g/mol. The molecule has 2 atom stereocenters. The summed E-state index contributed by atoms with van der Waals surface area (Å²) >= 11 is 0. The fourth-order valence-electron chi connectivity index (χ4n) is 2.22. The van der Waals surface area contributed by atoms with Gasteiger partial charge in [0.05, 0.1) is 10.5 Å². The van der Waals surface area contributed by atoms with E-state index in [1.807, 2.05) is 74.5 Å². The van der Waals surface area contributed by atoms with Gasteiger partial charge in [0.25, 0.3) is 0 Å². The molecule has 26 heavy (non-hydrogen) atoms. The molecule has 0 aliphatic rings. The van der Waals surface area contributed by atoms with Crippen molar-refractivity contribution in [3.05, 3.63) is 60.7 Å². The Kier molecular flexibility index (Phi) is 8.58. The predicted octanol–water partition coefficient (Wildman–Crippen LogP) is 5.20. The van der Waals surface area contributed by atoms with E-state index < -0.39 is 0 Å². The molecule has 0 bridgehead atoms. The molecule has 0 saturated carbocycles. The molecule has 0 saturated heterocycles. The lowest BCUT2D eigenvalue weighted by Gasteiger charge is -2.18. The Labute approximate surface area is 162 Å². The molecule has 2 N–H and O–H groups in total. The molecule has 2 rings (SSSR count). The second-order valence-corrected chi connectivity index (χ2v) is 8.37. The fraction of sp³-hybridized carbons (Fsp3) is 0.300. The SMILES string of the molecule is CCC(SSC(CC)C(=O)Nc1ccccc1)C(=O)Nc1ccccc1. The molecule has 0 radical (unpaired) electrons. The summed E-state index contributed by atoms with van der Waals surface area (Å²) in [6, 6.07) is 18.8. The molecule has 2 amide bonds. The van der Waals surface area contributed by atoms with Crippen molar-refractivity contribution < 1.29 is 9.59 Å². The third-order valence-corrected chi connectivity index (χ3v) is 7.09. The largest absolute Gasteiger partial charge is 0.325 e. The number of rotatable bonds is 9. The molecule has 0 aromatic heterocycles. The quantitative estimate of drug-likeness (QED) is 0.580. The van der Waals surface area contributed by atoms with Crippen molar-refractivity contribution >= 4 is 44.8 Å². The molecule has 4 nitrogen and oxygen atoms in total. The Morgan fingerprint density at radius 3 is 1.38 bits per heavy atom. The number of para-hydroxylation sites is 2. The number of carbonyl (C=O) groups excluding carboxylic acids is 2. The predicted molar refractivity (Wildman–Crippen MR) is 113 cm³/mol. The topological polar surface area (TPSA) is 58.2 Å². The molecule has 2 aromatic carbocycles. The third kappa shape index (κ3) is 6.42. The summed E-state index contributed by atoms with van der Waals surface area (Å²) < 4.78 is 0. The van der Waals surface area contributed by atoms with Crippen LogP contribution in [0, 0.1) is 0 Å². The Hall–Kier alpha value is -1.92. The van der Waals surface area contributed by atoms with Gasteiger partial charge in [-0.05, 0) is 37.1 Å². The summed E-state index contributed by atoms with van der Waals surface area (Å²) in [5, 5.41) is 5.44. The van der Waals surface area contributed by atoms with E-state index in [0.717, 1.165) is 11.4 Å². The average molecular weight is 389 g/mol. The Morgan fingerprint density at radius 2 is 1.08 bits per heavy atom. The molecule has 0 aliphatic heterocycles. The normalized spacial score (nSPS) is 12.8. The smallest absolute Gasteiger partial charge is 0.238 e. The summed E-state index contributed by atoms with van der Waals surface area (Å²) in [7, 11) is 2.93. The molecule has 0 fully saturated rings. The Morgan fingerprint density at radius 1 is 0.731 bits per heavy atom. The summed E-state index contributed by atoms with van der Waals surface area (Å²) in [6.45, 7) is 3.96. The van der Waals surface area contributed by atoms with Gasteiger partial charge in [-0.15, -0.1) is 0 Å². The van der Waals surface area contributed by atoms with Crippen LogP contribution in [0.1, 0.15) is 26.7 Å². The van der Waals surface area contributed by atoms with Gasteiger partial charge in [0.15, 0.2) is 0 Å². The van der Waals surface area contributed by atoms with Crippen LogP contribution in [0.15, 0.2) is 60.7 Å². The fourth-order valence-corrected chi connectivity index (χ4v) is 5.20. The van der Waals surface area contributed by atoms with E-state index in [2.05, 4.69) is 10.6 Å². The molecular formula is C20H24N2O2S2. The van der Waals surface area contributed by atoms with E-state index >= 15 is 0 Å². The highest BCUT2D eigenvalue weighted by atomic mass is 33.1. The number of carbonyl (C=O) groups is 2. The zero-order valence-corrected chi connectivity index (χ0v) is 16.6. The lowest BCUT2D eigenvalue weighted by molar-refractivity contribution is -0.116. The van der Waals surface area contributed by atoms with Crippen molar-refractivity contribution in [3.63, 3.8) is 0 Å². The molecule has 2 aromatic rings. The molecule has 2 unspecified atom stereocenters. The molecule has 0 heterocycles. The molecule has 6 heteroatoms. The maximum Gasteiger partial charge on any atom is 0.238 e. The van der Waals surface area contributed by atoms with Crippen LogP contribution in [0.3, 0.4) is 0 Å². The minimum Gasteiger partial charge on any atom is -0.325 e.